The van der Waals surface area contributed by atoms with E-state index in [0.29, 0.717) is 5.56 Å². The van der Waals surface area contributed by atoms with Gasteiger partial charge in [-0.25, -0.2) is 24.0 Å². The van der Waals surface area contributed by atoms with Gasteiger partial charge in [0.25, 0.3) is 0 Å². The molecule has 10 heteroatoms. The molecule has 0 amide bonds. The van der Waals surface area contributed by atoms with Gasteiger partial charge in [-0.3, -0.25) is 0 Å². The fourth-order valence-corrected chi connectivity index (χ4v) is 2.42. The van der Waals surface area contributed by atoms with Crippen molar-refractivity contribution in [2.24, 2.45) is 0 Å². The number of carbonyl (C=O) groups is 5. The van der Waals surface area contributed by atoms with E-state index < -0.39 is 29.8 Å². The number of hydrogen-bond acceptors (Lipinski definition) is 10. The van der Waals surface area contributed by atoms with Crippen molar-refractivity contribution in [2.75, 3.05) is 0 Å². The minimum atomic E-state index is -0.876. The molecule has 37 heavy (non-hydrogen) atoms. The molecule has 0 N–H and O–H groups in total. The van der Waals surface area contributed by atoms with Crippen molar-refractivity contribution in [1.29, 1.82) is 0 Å². The van der Waals surface area contributed by atoms with E-state index in [0.717, 1.165) is 30.4 Å². The summed E-state index contributed by atoms with van der Waals surface area (Å²) in [6.07, 6.45) is 6.03. The van der Waals surface area contributed by atoms with Gasteiger partial charge in [-0.15, -0.1) is 0 Å². The third-order valence-electron chi connectivity index (χ3n) is 4.02. The highest BCUT2D eigenvalue weighted by atomic mass is 16.6. The van der Waals surface area contributed by atoms with E-state index in [1.807, 2.05) is 0 Å². The topological polar surface area (TPSA) is 132 Å². The number of esters is 5. The van der Waals surface area contributed by atoms with Gasteiger partial charge in [0.15, 0.2) is 23.0 Å². The zero-order valence-corrected chi connectivity index (χ0v) is 19.3. The Morgan fingerprint density at radius 2 is 0.946 bits per heavy atom. The van der Waals surface area contributed by atoms with Gasteiger partial charge in [-0.2, -0.15) is 0 Å². The molecule has 0 fully saturated rings. The van der Waals surface area contributed by atoms with Gasteiger partial charge in [0.2, 0.25) is 0 Å². The van der Waals surface area contributed by atoms with Crippen molar-refractivity contribution < 1.29 is 47.7 Å². The largest absolute Gasteiger partial charge is 0.423 e. The molecule has 0 heterocycles. The van der Waals surface area contributed by atoms with Crippen molar-refractivity contribution in [3.63, 3.8) is 0 Å². The lowest BCUT2D eigenvalue weighted by molar-refractivity contribution is -0.131. The second kappa shape index (κ2) is 13.4. The Labute approximate surface area is 211 Å². The lowest BCUT2D eigenvalue weighted by atomic mass is 10.2. The van der Waals surface area contributed by atoms with E-state index in [4.69, 9.17) is 23.7 Å². The van der Waals surface area contributed by atoms with Crippen LogP contribution >= 0.6 is 0 Å². The third kappa shape index (κ3) is 8.65. The summed E-state index contributed by atoms with van der Waals surface area (Å²) in [5.41, 5.74) is 0.368. The van der Waals surface area contributed by atoms with Crippen molar-refractivity contribution in [2.45, 2.75) is 0 Å². The fourth-order valence-electron chi connectivity index (χ4n) is 2.42. The summed E-state index contributed by atoms with van der Waals surface area (Å²) < 4.78 is 25.3. The van der Waals surface area contributed by atoms with Crippen LogP contribution in [0.4, 0.5) is 0 Å². The maximum Gasteiger partial charge on any atom is 0.336 e. The molecule has 2 rings (SSSR count). The Balaban J connectivity index is 2.27. The summed E-state index contributed by atoms with van der Waals surface area (Å²) in [5.74, 6) is -4.60. The van der Waals surface area contributed by atoms with Crippen LogP contribution in [0.25, 0.3) is 6.08 Å². The highest BCUT2D eigenvalue weighted by Gasteiger charge is 2.15. The summed E-state index contributed by atoms with van der Waals surface area (Å²) in [6.45, 7) is 13.2. The summed E-state index contributed by atoms with van der Waals surface area (Å²) in [4.78, 5) is 58.7. The molecule has 0 saturated heterocycles. The first-order valence-corrected chi connectivity index (χ1v) is 10.2. The zero-order valence-electron chi connectivity index (χ0n) is 19.3. The molecule has 0 aromatic heterocycles. The monoisotopic (exact) mass is 504 g/mol. The minimum Gasteiger partial charge on any atom is -0.423 e. The highest BCUT2D eigenvalue weighted by molar-refractivity contribution is 5.91. The van der Waals surface area contributed by atoms with Gasteiger partial charge in [-0.1, -0.05) is 32.4 Å². The van der Waals surface area contributed by atoms with E-state index >= 15 is 0 Å². The van der Waals surface area contributed by atoms with Crippen LogP contribution in [0.1, 0.15) is 5.56 Å². The second-order valence-electron chi connectivity index (χ2n) is 6.57. The van der Waals surface area contributed by atoms with Crippen LogP contribution in [-0.2, 0) is 24.0 Å². The summed E-state index contributed by atoms with van der Waals surface area (Å²) in [7, 11) is 0. The summed E-state index contributed by atoms with van der Waals surface area (Å²) in [5, 5.41) is 0. The van der Waals surface area contributed by atoms with Crippen LogP contribution in [0.2, 0.25) is 0 Å². The first kappa shape index (κ1) is 27.7. The van der Waals surface area contributed by atoms with Crippen LogP contribution in [0.5, 0.6) is 28.7 Å². The Bertz CT molecular complexity index is 1320. The molecule has 0 aliphatic rings. The van der Waals surface area contributed by atoms with Gasteiger partial charge in [0.1, 0.15) is 5.75 Å². The average Bonchev–Trinajstić information content (AvgIpc) is 2.89. The standard InChI is InChI=1S/C27H20O10/c1-5-23(28)33-18-11-13-20(22(16-18)37-26(31)8-4)35-27(32)14-10-17-9-12-19(34-24(29)6-2)21(15-17)36-25(30)7-3/h5-16H,1-4H2. The molecule has 10 nitrogen and oxygen atoms in total. The van der Waals surface area contributed by atoms with Crippen molar-refractivity contribution in [3.05, 3.63) is 98.7 Å². The lowest BCUT2D eigenvalue weighted by Crippen LogP contribution is -2.10. The summed E-state index contributed by atoms with van der Waals surface area (Å²) >= 11 is 0. The maximum absolute atomic E-state index is 12.4. The Morgan fingerprint density at radius 1 is 0.514 bits per heavy atom. The predicted octanol–water partition coefficient (Wildman–Crippen LogP) is 3.67. The quantitative estimate of drug-likeness (QED) is 0.254. The van der Waals surface area contributed by atoms with Gasteiger partial charge >= 0.3 is 29.8 Å². The number of carbonyl (C=O) groups excluding carboxylic acids is 5. The molecule has 188 valence electrons. The third-order valence-corrected chi connectivity index (χ3v) is 4.02. The van der Waals surface area contributed by atoms with Crippen LogP contribution in [-0.4, -0.2) is 29.8 Å². The average molecular weight is 504 g/mol. The number of ether oxygens (including phenoxy) is 5. The molecular formula is C27H20O10. The maximum atomic E-state index is 12.4. The molecular weight excluding hydrogens is 484 g/mol. The summed E-state index contributed by atoms with van der Waals surface area (Å²) in [6, 6.07) is 7.87. The predicted molar refractivity (Wildman–Crippen MR) is 131 cm³/mol. The Hall–Kier alpha value is -5.51. The van der Waals surface area contributed by atoms with Crippen LogP contribution in [0, 0.1) is 0 Å². The first-order valence-electron chi connectivity index (χ1n) is 10.2. The van der Waals surface area contributed by atoms with Gasteiger partial charge in [0, 0.05) is 36.4 Å². The smallest absolute Gasteiger partial charge is 0.336 e. The van der Waals surface area contributed by atoms with E-state index in [1.54, 1.807) is 0 Å². The zero-order chi connectivity index (χ0) is 27.4. The molecule has 2 aromatic carbocycles. The molecule has 0 radical (unpaired) electrons. The van der Waals surface area contributed by atoms with Crippen molar-refractivity contribution >= 4 is 35.9 Å². The molecule has 0 spiro atoms. The van der Waals surface area contributed by atoms with Gasteiger partial charge in [0.05, 0.1) is 0 Å². The lowest BCUT2D eigenvalue weighted by Gasteiger charge is -2.11. The minimum absolute atomic E-state index is 0.00551. The molecule has 0 atom stereocenters. The van der Waals surface area contributed by atoms with E-state index in [-0.39, 0.29) is 28.7 Å². The van der Waals surface area contributed by atoms with E-state index in [1.165, 1.54) is 42.5 Å². The number of rotatable bonds is 11. The molecule has 0 unspecified atom stereocenters. The Kier molecular flexibility index (Phi) is 10.0. The highest BCUT2D eigenvalue weighted by Crippen LogP contribution is 2.33. The van der Waals surface area contributed by atoms with Crippen LogP contribution < -0.4 is 23.7 Å². The molecule has 2 aromatic rings. The SMILES string of the molecule is C=CC(=O)Oc1ccc(OC(=O)C=Cc2ccc(OC(=O)C=C)c(OC(=O)C=C)c2)c(OC(=O)C=C)c1. The molecule has 0 bridgehead atoms. The number of hydrogen-bond donors (Lipinski definition) is 0. The Morgan fingerprint density at radius 3 is 1.49 bits per heavy atom. The number of benzene rings is 2. The second-order valence-corrected chi connectivity index (χ2v) is 6.57. The van der Waals surface area contributed by atoms with Crippen LogP contribution in [0.3, 0.4) is 0 Å². The molecule has 0 aliphatic carbocycles. The van der Waals surface area contributed by atoms with Crippen molar-refractivity contribution in [3.8, 4) is 28.7 Å². The van der Waals surface area contributed by atoms with E-state index in [9.17, 15) is 24.0 Å². The normalized spacial score (nSPS) is 9.95. The first-order chi connectivity index (χ1) is 17.7. The molecule has 0 aliphatic heterocycles. The van der Waals surface area contributed by atoms with Gasteiger partial charge in [-0.05, 0) is 35.9 Å². The van der Waals surface area contributed by atoms with Gasteiger partial charge < -0.3 is 23.7 Å². The van der Waals surface area contributed by atoms with Crippen LogP contribution in [0.15, 0.2) is 93.1 Å². The fraction of sp³-hybridized carbons (Fsp3) is 0. The van der Waals surface area contributed by atoms with Crippen molar-refractivity contribution in [1.82, 2.24) is 0 Å². The van der Waals surface area contributed by atoms with E-state index in [2.05, 4.69) is 26.3 Å². The molecule has 0 saturated carbocycles.